The van der Waals surface area contributed by atoms with Crippen LogP contribution in [0.5, 0.6) is 11.5 Å². The maximum atomic E-state index is 12.9. The molecule has 3 rings (SSSR count). The predicted octanol–water partition coefficient (Wildman–Crippen LogP) is 5.41. The standard InChI is InChI=1S/C23H19Cl2FN2O3/c1-30-22-10-16(13-27-28-23(29)11-15-2-7-19(26)8-3-15)4-9-21(22)31-14-17-5-6-18(24)12-20(17)25/h2-10,12-13H,11,14H2,1H3,(H,28,29)/b27-13+. The van der Waals surface area contributed by atoms with Crippen LogP contribution in [-0.2, 0) is 17.8 Å². The SMILES string of the molecule is COc1cc(/C=N/NC(=O)Cc2ccc(F)cc2)ccc1OCc1ccc(Cl)cc1Cl. The van der Waals surface area contributed by atoms with Crippen molar-refractivity contribution in [3.63, 3.8) is 0 Å². The van der Waals surface area contributed by atoms with E-state index in [4.69, 9.17) is 32.7 Å². The van der Waals surface area contributed by atoms with Crippen LogP contribution in [0.4, 0.5) is 4.39 Å². The Bertz CT molecular complexity index is 1090. The number of nitrogens with zero attached hydrogens (tertiary/aromatic N) is 1. The summed E-state index contributed by atoms with van der Waals surface area (Å²) >= 11 is 12.1. The number of rotatable bonds is 8. The molecule has 0 aliphatic carbocycles. The quantitative estimate of drug-likeness (QED) is 0.360. The monoisotopic (exact) mass is 460 g/mol. The third kappa shape index (κ3) is 6.70. The van der Waals surface area contributed by atoms with Crippen molar-refractivity contribution in [3.8, 4) is 11.5 Å². The average Bonchev–Trinajstić information content (AvgIpc) is 2.75. The molecule has 0 atom stereocenters. The van der Waals surface area contributed by atoms with E-state index in [9.17, 15) is 9.18 Å². The Kier molecular flexibility index (Phi) is 7.87. The lowest BCUT2D eigenvalue weighted by Gasteiger charge is -2.12. The molecule has 0 aromatic heterocycles. The van der Waals surface area contributed by atoms with Gasteiger partial charge in [-0.25, -0.2) is 9.82 Å². The molecule has 1 amide bonds. The number of carbonyl (C=O) groups is 1. The van der Waals surface area contributed by atoms with Crippen molar-refractivity contribution in [1.29, 1.82) is 0 Å². The average molecular weight is 461 g/mol. The maximum absolute atomic E-state index is 12.9. The van der Waals surface area contributed by atoms with Gasteiger partial charge in [-0.3, -0.25) is 4.79 Å². The number of nitrogens with one attached hydrogen (secondary N) is 1. The molecule has 0 saturated carbocycles. The Hall–Kier alpha value is -3.09. The van der Waals surface area contributed by atoms with Crippen LogP contribution in [0.1, 0.15) is 16.7 Å². The highest BCUT2D eigenvalue weighted by Gasteiger charge is 2.08. The highest BCUT2D eigenvalue weighted by molar-refractivity contribution is 6.35. The molecule has 0 bridgehead atoms. The lowest BCUT2D eigenvalue weighted by molar-refractivity contribution is -0.120. The maximum Gasteiger partial charge on any atom is 0.244 e. The normalized spacial score (nSPS) is 10.8. The molecular weight excluding hydrogens is 442 g/mol. The van der Waals surface area contributed by atoms with Gasteiger partial charge in [-0.05, 0) is 53.6 Å². The molecule has 0 aliphatic rings. The van der Waals surface area contributed by atoms with Gasteiger partial charge in [0.05, 0.1) is 19.7 Å². The van der Waals surface area contributed by atoms with Crippen LogP contribution in [-0.4, -0.2) is 19.2 Å². The first kappa shape index (κ1) is 22.6. The van der Waals surface area contributed by atoms with Gasteiger partial charge in [-0.2, -0.15) is 5.10 Å². The van der Waals surface area contributed by atoms with E-state index >= 15 is 0 Å². The molecule has 31 heavy (non-hydrogen) atoms. The van der Waals surface area contributed by atoms with Crippen LogP contribution in [0.2, 0.25) is 10.0 Å². The number of hydrogen-bond acceptors (Lipinski definition) is 4. The largest absolute Gasteiger partial charge is 0.493 e. The van der Waals surface area contributed by atoms with Gasteiger partial charge >= 0.3 is 0 Å². The van der Waals surface area contributed by atoms with Gasteiger partial charge in [-0.15, -0.1) is 0 Å². The van der Waals surface area contributed by atoms with E-state index in [1.807, 2.05) is 0 Å². The Morgan fingerprint density at radius 1 is 1.06 bits per heavy atom. The number of benzene rings is 3. The fourth-order valence-electron chi connectivity index (χ4n) is 2.68. The summed E-state index contributed by atoms with van der Waals surface area (Å²) in [5.74, 6) is 0.382. The fraction of sp³-hybridized carbons (Fsp3) is 0.130. The number of hydrogen-bond donors (Lipinski definition) is 1. The molecule has 0 saturated heterocycles. The highest BCUT2D eigenvalue weighted by Crippen LogP contribution is 2.29. The minimum absolute atomic E-state index is 0.0982. The molecule has 3 aromatic carbocycles. The molecule has 0 radical (unpaired) electrons. The molecule has 1 N–H and O–H groups in total. The van der Waals surface area contributed by atoms with Crippen LogP contribution in [0.25, 0.3) is 0 Å². The number of ether oxygens (including phenoxy) is 2. The van der Waals surface area contributed by atoms with Gasteiger partial charge in [0.2, 0.25) is 5.91 Å². The van der Waals surface area contributed by atoms with Gasteiger partial charge in [0.25, 0.3) is 0 Å². The van der Waals surface area contributed by atoms with E-state index in [1.165, 1.54) is 25.5 Å². The summed E-state index contributed by atoms with van der Waals surface area (Å²) in [6, 6.07) is 16.2. The third-order valence-corrected chi connectivity index (χ3v) is 4.85. The molecule has 160 valence electrons. The fourth-order valence-corrected chi connectivity index (χ4v) is 3.15. The molecule has 5 nitrogen and oxygen atoms in total. The first-order valence-corrected chi connectivity index (χ1v) is 10.0. The first-order valence-electron chi connectivity index (χ1n) is 9.25. The van der Waals surface area contributed by atoms with Crippen molar-refractivity contribution in [2.45, 2.75) is 13.0 Å². The molecule has 8 heteroatoms. The lowest BCUT2D eigenvalue weighted by Crippen LogP contribution is -2.19. The van der Waals surface area contributed by atoms with Crippen molar-refractivity contribution in [3.05, 3.63) is 93.2 Å². The van der Waals surface area contributed by atoms with Crippen LogP contribution >= 0.6 is 23.2 Å². The Morgan fingerprint density at radius 3 is 2.55 bits per heavy atom. The molecule has 0 heterocycles. The number of halogens is 3. The third-order valence-electron chi connectivity index (χ3n) is 4.27. The molecule has 0 aliphatic heterocycles. The summed E-state index contributed by atoms with van der Waals surface area (Å²) in [5, 5.41) is 5.02. The number of methoxy groups -OCH3 is 1. The highest BCUT2D eigenvalue weighted by atomic mass is 35.5. The van der Waals surface area contributed by atoms with Gasteiger partial charge in [0, 0.05) is 15.6 Å². The molecular formula is C23H19Cl2FN2O3. The second-order valence-electron chi connectivity index (χ2n) is 6.53. The van der Waals surface area contributed by atoms with E-state index in [0.29, 0.717) is 32.7 Å². The second-order valence-corrected chi connectivity index (χ2v) is 7.37. The van der Waals surface area contributed by atoms with Crippen LogP contribution in [0, 0.1) is 5.82 Å². The van der Waals surface area contributed by atoms with Gasteiger partial charge in [-0.1, -0.05) is 41.4 Å². The zero-order valence-corrected chi connectivity index (χ0v) is 18.1. The zero-order chi connectivity index (χ0) is 22.2. The molecule has 3 aromatic rings. The molecule has 0 unspecified atom stereocenters. The topological polar surface area (TPSA) is 59.9 Å². The minimum Gasteiger partial charge on any atom is -0.493 e. The van der Waals surface area contributed by atoms with Crippen LogP contribution in [0.3, 0.4) is 0 Å². The number of carbonyl (C=O) groups excluding carboxylic acids is 1. The van der Waals surface area contributed by atoms with Gasteiger partial charge in [0.1, 0.15) is 12.4 Å². The van der Waals surface area contributed by atoms with E-state index in [1.54, 1.807) is 48.5 Å². The summed E-state index contributed by atoms with van der Waals surface area (Å²) in [6.07, 6.45) is 1.59. The summed E-state index contributed by atoms with van der Waals surface area (Å²) in [5.41, 5.74) is 4.63. The van der Waals surface area contributed by atoms with Gasteiger partial charge < -0.3 is 9.47 Å². The lowest BCUT2D eigenvalue weighted by atomic mass is 10.1. The number of amides is 1. The smallest absolute Gasteiger partial charge is 0.244 e. The van der Waals surface area contributed by atoms with Gasteiger partial charge in [0.15, 0.2) is 11.5 Å². The Labute approximate surface area is 189 Å². The summed E-state index contributed by atoms with van der Waals surface area (Å²) in [6.45, 7) is 0.249. The number of hydrazone groups is 1. The summed E-state index contributed by atoms with van der Waals surface area (Å²) < 4.78 is 24.1. The molecule has 0 fully saturated rings. The Balaban J connectivity index is 1.58. The van der Waals surface area contributed by atoms with Crippen molar-refractivity contribution >= 4 is 35.3 Å². The van der Waals surface area contributed by atoms with E-state index < -0.39 is 0 Å². The van der Waals surface area contributed by atoms with Crippen LogP contribution < -0.4 is 14.9 Å². The zero-order valence-electron chi connectivity index (χ0n) is 16.6. The first-order chi connectivity index (χ1) is 14.9. The van der Waals surface area contributed by atoms with Crippen molar-refractivity contribution in [1.82, 2.24) is 5.43 Å². The van der Waals surface area contributed by atoms with Crippen LogP contribution in [0.15, 0.2) is 65.8 Å². The van der Waals surface area contributed by atoms with E-state index in [2.05, 4.69) is 10.5 Å². The predicted molar refractivity (Wildman–Crippen MR) is 120 cm³/mol. The van der Waals surface area contributed by atoms with Crippen molar-refractivity contribution in [2.75, 3.05) is 7.11 Å². The van der Waals surface area contributed by atoms with Crippen molar-refractivity contribution in [2.24, 2.45) is 5.10 Å². The summed E-state index contributed by atoms with van der Waals surface area (Å²) in [4.78, 5) is 12.0. The minimum atomic E-state index is -0.347. The molecule has 0 spiro atoms. The van der Waals surface area contributed by atoms with Crippen molar-refractivity contribution < 1.29 is 18.7 Å². The second kappa shape index (κ2) is 10.8. The van der Waals surface area contributed by atoms with E-state index in [-0.39, 0.29) is 24.8 Å². The summed E-state index contributed by atoms with van der Waals surface area (Å²) in [7, 11) is 1.53. The van der Waals surface area contributed by atoms with E-state index in [0.717, 1.165) is 5.56 Å². The Morgan fingerprint density at radius 2 is 1.84 bits per heavy atom.